The van der Waals surface area contributed by atoms with E-state index in [2.05, 4.69) is 9.97 Å². The van der Waals surface area contributed by atoms with Gasteiger partial charge in [0.05, 0.1) is 17.8 Å². The van der Waals surface area contributed by atoms with Gasteiger partial charge in [0.25, 0.3) is 5.56 Å². The van der Waals surface area contributed by atoms with Gasteiger partial charge in [-0.05, 0) is 29.5 Å². The molecule has 6 nitrogen and oxygen atoms in total. The van der Waals surface area contributed by atoms with Crippen LogP contribution in [0.5, 0.6) is 0 Å². The third-order valence-corrected chi connectivity index (χ3v) is 5.49. The van der Waals surface area contributed by atoms with Crippen LogP contribution in [-0.4, -0.2) is 42.5 Å². The van der Waals surface area contributed by atoms with Gasteiger partial charge in [0, 0.05) is 12.6 Å². The van der Waals surface area contributed by atoms with E-state index in [1.165, 1.54) is 6.33 Å². The summed E-state index contributed by atoms with van der Waals surface area (Å²) in [6, 6.07) is -0.156. The maximum atomic E-state index is 11.5. The average molecular weight is 369 g/mol. The van der Waals surface area contributed by atoms with Crippen LogP contribution in [-0.2, 0) is 9.84 Å². The maximum absolute atomic E-state index is 11.5. The Morgan fingerprint density at radius 3 is 2.94 bits per heavy atom. The number of hydrogen-bond donors (Lipinski definition) is 1. The van der Waals surface area contributed by atoms with Crippen molar-refractivity contribution in [1.82, 2.24) is 9.97 Å². The van der Waals surface area contributed by atoms with E-state index in [0.29, 0.717) is 15.9 Å². The van der Waals surface area contributed by atoms with E-state index in [4.69, 9.17) is 0 Å². The van der Waals surface area contributed by atoms with Crippen LogP contribution in [0.25, 0.3) is 0 Å². The van der Waals surface area contributed by atoms with Crippen molar-refractivity contribution in [2.24, 2.45) is 0 Å². The highest BCUT2D eigenvalue weighted by molar-refractivity contribution is 14.1. The minimum Gasteiger partial charge on any atom is -0.351 e. The Balaban J connectivity index is 2.36. The van der Waals surface area contributed by atoms with Gasteiger partial charge in [0.15, 0.2) is 9.84 Å². The molecule has 1 aromatic rings. The van der Waals surface area contributed by atoms with Crippen LogP contribution in [0, 0.1) is 3.57 Å². The van der Waals surface area contributed by atoms with Crippen LogP contribution in [0.15, 0.2) is 11.1 Å². The lowest BCUT2D eigenvalue weighted by Gasteiger charge is -2.34. The second kappa shape index (κ2) is 4.56. The molecule has 1 aliphatic heterocycles. The van der Waals surface area contributed by atoms with Crippen molar-refractivity contribution < 1.29 is 8.42 Å². The lowest BCUT2D eigenvalue weighted by molar-refractivity contribution is 0.566. The topological polar surface area (TPSA) is 83.1 Å². The molecule has 8 heteroatoms. The third-order valence-electron chi connectivity index (χ3n) is 2.72. The molecule has 1 saturated heterocycles. The number of halogens is 1. The van der Waals surface area contributed by atoms with Gasteiger partial charge in [-0.15, -0.1) is 0 Å². The molecule has 0 spiro atoms. The fourth-order valence-electron chi connectivity index (χ4n) is 1.89. The largest absolute Gasteiger partial charge is 0.351 e. The number of aromatic nitrogens is 2. The van der Waals surface area contributed by atoms with Crippen molar-refractivity contribution in [3.8, 4) is 0 Å². The first-order chi connectivity index (χ1) is 7.91. The van der Waals surface area contributed by atoms with Crippen LogP contribution in [0.1, 0.15) is 6.92 Å². The number of hydrogen-bond acceptors (Lipinski definition) is 5. The molecular weight excluding hydrogens is 357 g/mol. The Labute approximate surface area is 112 Å². The fraction of sp³-hybridized carbons (Fsp3) is 0.556. The minimum atomic E-state index is -2.95. The number of anilines is 1. The van der Waals surface area contributed by atoms with E-state index in [0.717, 1.165) is 0 Å². The van der Waals surface area contributed by atoms with E-state index < -0.39 is 9.84 Å². The monoisotopic (exact) mass is 369 g/mol. The number of nitrogens with zero attached hydrogens (tertiary/aromatic N) is 2. The lowest BCUT2D eigenvalue weighted by Crippen LogP contribution is -2.48. The summed E-state index contributed by atoms with van der Waals surface area (Å²) < 4.78 is 23.4. The van der Waals surface area contributed by atoms with Crippen LogP contribution in [0.4, 0.5) is 5.82 Å². The van der Waals surface area contributed by atoms with Gasteiger partial charge in [-0.25, -0.2) is 13.4 Å². The predicted octanol–water partition coefficient (Wildman–Crippen LogP) is -0.00220. The molecule has 2 rings (SSSR count). The van der Waals surface area contributed by atoms with Gasteiger partial charge >= 0.3 is 0 Å². The summed E-state index contributed by atoms with van der Waals surface area (Å²) in [7, 11) is -2.95. The molecule has 0 radical (unpaired) electrons. The van der Waals surface area contributed by atoms with Crippen LogP contribution in [0.2, 0.25) is 0 Å². The summed E-state index contributed by atoms with van der Waals surface area (Å²) >= 11 is 1.93. The highest BCUT2D eigenvalue weighted by Crippen LogP contribution is 2.21. The van der Waals surface area contributed by atoms with Gasteiger partial charge in [-0.1, -0.05) is 0 Å². The quantitative estimate of drug-likeness (QED) is 0.705. The summed E-state index contributed by atoms with van der Waals surface area (Å²) in [5.74, 6) is 0.788. The van der Waals surface area contributed by atoms with E-state index in [1.54, 1.807) is 0 Å². The molecule has 0 aliphatic carbocycles. The highest BCUT2D eigenvalue weighted by Gasteiger charge is 2.30. The Bertz CT molecular complexity index is 583. The zero-order valence-corrected chi connectivity index (χ0v) is 12.2. The molecule has 1 fully saturated rings. The van der Waals surface area contributed by atoms with Crippen molar-refractivity contribution in [2.45, 2.75) is 13.0 Å². The van der Waals surface area contributed by atoms with Crippen LogP contribution in [0.3, 0.4) is 0 Å². The van der Waals surface area contributed by atoms with Crippen molar-refractivity contribution in [2.75, 3.05) is 23.0 Å². The lowest BCUT2D eigenvalue weighted by atomic mass is 10.3. The maximum Gasteiger partial charge on any atom is 0.266 e. The SMILES string of the molecule is CC1CS(=O)(=O)CCN1c1nc[nH]c(=O)c1I. The Morgan fingerprint density at radius 2 is 2.29 bits per heavy atom. The number of H-pyrrole nitrogens is 1. The third kappa shape index (κ3) is 2.62. The molecule has 1 N–H and O–H groups in total. The van der Waals surface area contributed by atoms with E-state index >= 15 is 0 Å². The van der Waals surface area contributed by atoms with Gasteiger partial charge < -0.3 is 9.88 Å². The Kier molecular flexibility index (Phi) is 3.43. The van der Waals surface area contributed by atoms with Gasteiger partial charge in [-0.2, -0.15) is 0 Å². The van der Waals surface area contributed by atoms with Crippen molar-refractivity contribution >= 4 is 38.2 Å². The first kappa shape index (κ1) is 12.8. The van der Waals surface area contributed by atoms with E-state index in [-0.39, 0.29) is 23.1 Å². The average Bonchev–Trinajstić information content (AvgIpc) is 2.22. The van der Waals surface area contributed by atoms with E-state index in [9.17, 15) is 13.2 Å². The second-order valence-electron chi connectivity index (χ2n) is 4.03. The molecule has 1 atom stereocenters. The number of rotatable bonds is 1. The molecule has 0 saturated carbocycles. The Hall–Kier alpha value is -0.640. The van der Waals surface area contributed by atoms with Gasteiger partial charge in [-0.3, -0.25) is 4.79 Å². The van der Waals surface area contributed by atoms with E-state index in [1.807, 2.05) is 34.4 Å². The molecule has 94 valence electrons. The van der Waals surface area contributed by atoms with Crippen molar-refractivity contribution in [3.63, 3.8) is 0 Å². The zero-order valence-electron chi connectivity index (χ0n) is 9.18. The molecule has 1 aliphatic rings. The first-order valence-corrected chi connectivity index (χ1v) is 8.01. The summed E-state index contributed by atoms with van der Waals surface area (Å²) in [5.41, 5.74) is -0.198. The Morgan fingerprint density at radius 1 is 1.59 bits per heavy atom. The number of nitrogens with one attached hydrogen (secondary N) is 1. The smallest absolute Gasteiger partial charge is 0.266 e. The molecule has 2 heterocycles. The van der Waals surface area contributed by atoms with Gasteiger partial charge in [0.1, 0.15) is 9.39 Å². The minimum absolute atomic E-state index is 0.109. The number of aromatic amines is 1. The standard InChI is InChI=1S/C9H12IN3O3S/c1-6-4-17(15,16)3-2-13(6)8-7(10)9(14)12-5-11-8/h5-6H,2-4H2,1H3,(H,11,12,14). The van der Waals surface area contributed by atoms with Crippen molar-refractivity contribution in [3.05, 3.63) is 20.3 Å². The molecule has 0 aromatic carbocycles. The predicted molar refractivity (Wildman–Crippen MR) is 73.0 cm³/mol. The summed E-state index contributed by atoms with van der Waals surface area (Å²) in [4.78, 5) is 20.0. The molecular formula is C9H12IN3O3S. The first-order valence-electron chi connectivity index (χ1n) is 5.11. The molecule has 1 aromatic heterocycles. The molecule has 0 bridgehead atoms. The normalized spacial score (nSPS) is 23.6. The van der Waals surface area contributed by atoms with Crippen LogP contribution >= 0.6 is 22.6 Å². The molecule has 17 heavy (non-hydrogen) atoms. The summed E-state index contributed by atoms with van der Waals surface area (Å²) in [5, 5.41) is 0. The van der Waals surface area contributed by atoms with Gasteiger partial charge in [0.2, 0.25) is 0 Å². The van der Waals surface area contributed by atoms with Crippen molar-refractivity contribution in [1.29, 1.82) is 0 Å². The number of sulfone groups is 1. The summed E-state index contributed by atoms with van der Waals surface area (Å²) in [6.45, 7) is 2.21. The summed E-state index contributed by atoms with van der Waals surface area (Å²) in [6.07, 6.45) is 1.34. The molecule has 0 amide bonds. The fourth-order valence-corrected chi connectivity index (χ4v) is 4.05. The highest BCUT2D eigenvalue weighted by atomic mass is 127. The second-order valence-corrected chi connectivity index (χ2v) is 7.33. The van der Waals surface area contributed by atoms with Crippen LogP contribution < -0.4 is 10.5 Å². The zero-order chi connectivity index (χ0) is 12.6. The molecule has 1 unspecified atom stereocenters.